The minimum atomic E-state index is -4.41. The molecule has 0 aromatic carbocycles. The normalized spacial score (nSPS) is 11.4. The summed E-state index contributed by atoms with van der Waals surface area (Å²) in [4.78, 5) is 10.8. The largest absolute Gasteiger partial charge is 0.409 e. The Balaban J connectivity index is 2.64. The van der Waals surface area contributed by atoms with E-state index >= 15 is 0 Å². The topological polar surface area (TPSA) is 72.7 Å². The highest BCUT2D eigenvalue weighted by molar-refractivity contribution is 5.86. The number of hydrogen-bond donors (Lipinski definition) is 1. The van der Waals surface area contributed by atoms with Crippen molar-refractivity contribution in [2.75, 3.05) is 5.32 Å². The van der Waals surface area contributed by atoms with Gasteiger partial charge in [0.15, 0.2) is 6.54 Å². The monoisotopic (exact) mass is 209 g/mol. The minimum absolute atomic E-state index is 0.248. The first-order valence-electron chi connectivity index (χ1n) is 3.49. The maximum atomic E-state index is 11.8. The van der Waals surface area contributed by atoms with E-state index in [-0.39, 0.29) is 5.95 Å². The third-order valence-corrected chi connectivity index (χ3v) is 1.06. The molecule has 1 amide bonds. The summed E-state index contributed by atoms with van der Waals surface area (Å²) in [6.07, 6.45) is -4.41. The fourth-order valence-electron chi connectivity index (χ4n) is 0.678. The number of tetrazole rings is 1. The number of alkyl halides is 3. The molecule has 0 bridgehead atoms. The predicted octanol–water partition coefficient (Wildman–Crippen LogP) is 0.194. The molecule has 0 spiro atoms. The van der Waals surface area contributed by atoms with Gasteiger partial charge in [0.1, 0.15) is 0 Å². The Labute approximate surface area is 76.1 Å². The van der Waals surface area contributed by atoms with E-state index in [9.17, 15) is 18.0 Å². The molecule has 0 aliphatic carbocycles. The molecular formula is C5H6F3N5O. The molecule has 1 aromatic rings. The SMILES string of the molecule is CC(=O)Nc1nnn(CC(F)(F)F)n1. The summed E-state index contributed by atoms with van der Waals surface area (Å²) in [6.45, 7) is -0.149. The van der Waals surface area contributed by atoms with Gasteiger partial charge in [-0.2, -0.15) is 18.0 Å². The van der Waals surface area contributed by atoms with Gasteiger partial charge >= 0.3 is 6.18 Å². The number of anilines is 1. The van der Waals surface area contributed by atoms with Crippen molar-refractivity contribution in [1.29, 1.82) is 0 Å². The lowest BCUT2D eigenvalue weighted by molar-refractivity contribution is -0.145. The minimum Gasteiger partial charge on any atom is -0.292 e. The maximum absolute atomic E-state index is 11.8. The Morgan fingerprint density at radius 2 is 2.21 bits per heavy atom. The predicted molar refractivity (Wildman–Crippen MR) is 38.2 cm³/mol. The molecule has 6 nitrogen and oxygen atoms in total. The first-order chi connectivity index (χ1) is 6.37. The van der Waals surface area contributed by atoms with E-state index in [1.165, 1.54) is 6.92 Å². The standard InChI is InChI=1S/C5H6F3N5O/c1-3(14)9-4-10-12-13(11-4)2-5(6,7)8/h2H2,1H3,(H,9,11,14). The molecule has 0 unspecified atom stereocenters. The quantitative estimate of drug-likeness (QED) is 0.754. The van der Waals surface area contributed by atoms with Crippen LogP contribution >= 0.6 is 0 Å². The summed E-state index contributed by atoms with van der Waals surface area (Å²) in [5.74, 6) is -0.724. The number of halogens is 3. The highest BCUT2D eigenvalue weighted by Crippen LogP contribution is 2.16. The third-order valence-electron chi connectivity index (χ3n) is 1.06. The van der Waals surface area contributed by atoms with E-state index in [0.29, 0.717) is 4.80 Å². The zero-order chi connectivity index (χ0) is 10.8. The zero-order valence-corrected chi connectivity index (χ0v) is 7.04. The van der Waals surface area contributed by atoms with Crippen molar-refractivity contribution < 1.29 is 18.0 Å². The number of carbonyl (C=O) groups excluding carboxylic acids is 1. The molecule has 0 saturated heterocycles. The third kappa shape index (κ3) is 3.37. The molecule has 9 heteroatoms. The number of nitrogens with one attached hydrogen (secondary N) is 1. The van der Waals surface area contributed by atoms with Crippen LogP contribution in [0.25, 0.3) is 0 Å². The van der Waals surface area contributed by atoms with Gasteiger partial charge in [-0.05, 0) is 5.21 Å². The van der Waals surface area contributed by atoms with Gasteiger partial charge in [-0.15, -0.1) is 5.10 Å². The molecule has 0 radical (unpaired) electrons. The summed E-state index contributed by atoms with van der Waals surface area (Å²) < 4.78 is 35.4. The van der Waals surface area contributed by atoms with Gasteiger partial charge in [0, 0.05) is 6.92 Å². The first-order valence-corrected chi connectivity index (χ1v) is 3.49. The Morgan fingerprint density at radius 3 is 2.71 bits per heavy atom. The molecule has 1 aromatic heterocycles. The van der Waals surface area contributed by atoms with Gasteiger partial charge in [0.05, 0.1) is 0 Å². The number of aromatic nitrogens is 4. The number of rotatable bonds is 2. The molecule has 0 aliphatic rings. The van der Waals surface area contributed by atoms with E-state index in [4.69, 9.17) is 0 Å². The van der Waals surface area contributed by atoms with Gasteiger partial charge in [-0.25, -0.2) is 0 Å². The summed E-state index contributed by atoms with van der Waals surface area (Å²) >= 11 is 0. The van der Waals surface area contributed by atoms with E-state index in [2.05, 4.69) is 20.7 Å². The maximum Gasteiger partial charge on any atom is 0.409 e. The van der Waals surface area contributed by atoms with Crippen LogP contribution in [0.5, 0.6) is 0 Å². The van der Waals surface area contributed by atoms with Crippen LogP contribution in [0.3, 0.4) is 0 Å². The van der Waals surface area contributed by atoms with Gasteiger partial charge in [-0.3, -0.25) is 10.1 Å². The van der Waals surface area contributed by atoms with Crippen molar-refractivity contribution in [3.8, 4) is 0 Å². The molecular weight excluding hydrogens is 203 g/mol. The zero-order valence-electron chi connectivity index (χ0n) is 7.04. The van der Waals surface area contributed by atoms with E-state index < -0.39 is 18.6 Å². The lowest BCUT2D eigenvalue weighted by atomic mass is 10.7. The number of hydrogen-bond acceptors (Lipinski definition) is 4. The lowest BCUT2D eigenvalue weighted by Crippen LogP contribution is -2.20. The average Bonchev–Trinajstić information content (AvgIpc) is 2.30. The van der Waals surface area contributed by atoms with Gasteiger partial charge < -0.3 is 0 Å². The van der Waals surface area contributed by atoms with Crippen LogP contribution in [0.15, 0.2) is 0 Å². The Kier molecular flexibility index (Phi) is 2.68. The van der Waals surface area contributed by atoms with Crippen LogP contribution in [-0.2, 0) is 11.3 Å². The number of nitrogens with zero attached hydrogens (tertiary/aromatic N) is 4. The van der Waals surface area contributed by atoms with Crippen molar-refractivity contribution in [1.82, 2.24) is 20.2 Å². The van der Waals surface area contributed by atoms with Crippen LogP contribution in [0.2, 0.25) is 0 Å². The van der Waals surface area contributed by atoms with Crippen LogP contribution in [0, 0.1) is 0 Å². The fourth-order valence-corrected chi connectivity index (χ4v) is 0.678. The van der Waals surface area contributed by atoms with Crippen LogP contribution in [0.4, 0.5) is 19.1 Å². The Hall–Kier alpha value is -1.67. The summed E-state index contributed by atoms with van der Waals surface area (Å²) in [5.41, 5.74) is 0. The van der Waals surface area contributed by atoms with E-state index in [1.54, 1.807) is 0 Å². The number of carbonyl (C=O) groups is 1. The smallest absolute Gasteiger partial charge is 0.292 e. The second-order valence-corrected chi connectivity index (χ2v) is 2.44. The van der Waals surface area contributed by atoms with Crippen LogP contribution in [-0.4, -0.2) is 32.3 Å². The second-order valence-electron chi connectivity index (χ2n) is 2.44. The molecule has 1 N–H and O–H groups in total. The lowest BCUT2D eigenvalue weighted by Gasteiger charge is -2.02. The number of amides is 1. The molecule has 0 saturated carbocycles. The Morgan fingerprint density at radius 1 is 1.57 bits per heavy atom. The average molecular weight is 209 g/mol. The molecule has 0 aliphatic heterocycles. The van der Waals surface area contributed by atoms with Gasteiger partial charge in [0.25, 0.3) is 5.95 Å². The van der Waals surface area contributed by atoms with Crippen molar-refractivity contribution in [2.24, 2.45) is 0 Å². The highest BCUT2D eigenvalue weighted by Gasteiger charge is 2.29. The van der Waals surface area contributed by atoms with E-state index in [1.807, 2.05) is 0 Å². The van der Waals surface area contributed by atoms with Gasteiger partial charge in [0.2, 0.25) is 5.91 Å². The van der Waals surface area contributed by atoms with Crippen LogP contribution in [0.1, 0.15) is 6.92 Å². The van der Waals surface area contributed by atoms with Crippen molar-refractivity contribution in [3.05, 3.63) is 0 Å². The molecule has 1 heterocycles. The molecule has 0 atom stereocenters. The first kappa shape index (κ1) is 10.4. The summed E-state index contributed by atoms with van der Waals surface area (Å²) in [6, 6.07) is 0. The second kappa shape index (κ2) is 3.60. The van der Waals surface area contributed by atoms with Crippen LogP contribution < -0.4 is 5.32 Å². The van der Waals surface area contributed by atoms with Crippen molar-refractivity contribution in [3.63, 3.8) is 0 Å². The van der Waals surface area contributed by atoms with Crippen molar-refractivity contribution in [2.45, 2.75) is 19.6 Å². The highest BCUT2D eigenvalue weighted by atomic mass is 19.4. The summed E-state index contributed by atoms with van der Waals surface area (Å²) in [7, 11) is 0. The molecule has 0 fully saturated rings. The molecule has 1 rings (SSSR count). The fraction of sp³-hybridized carbons (Fsp3) is 0.600. The molecule has 14 heavy (non-hydrogen) atoms. The van der Waals surface area contributed by atoms with Gasteiger partial charge in [-0.1, -0.05) is 5.10 Å². The van der Waals surface area contributed by atoms with E-state index in [0.717, 1.165) is 0 Å². The molecule has 78 valence electrons. The van der Waals surface area contributed by atoms with Crippen molar-refractivity contribution >= 4 is 11.9 Å². The summed E-state index contributed by atoms with van der Waals surface area (Å²) in [5, 5.41) is 11.7. The Bertz CT molecular complexity index is 332.